The molecule has 2 aromatic rings. The highest BCUT2D eigenvalue weighted by molar-refractivity contribution is 5.54. The second kappa shape index (κ2) is 8.48. The van der Waals surface area contributed by atoms with Crippen LogP contribution in [-0.2, 0) is 12.5 Å². The van der Waals surface area contributed by atoms with Crippen LogP contribution >= 0.6 is 0 Å². The number of nitriles is 1. The molecule has 1 aliphatic carbocycles. The molecule has 3 rings (SSSR count). The maximum atomic E-state index is 13.8. The van der Waals surface area contributed by atoms with Crippen molar-refractivity contribution in [2.24, 2.45) is 5.41 Å². The molecule has 0 amide bonds. The summed E-state index contributed by atoms with van der Waals surface area (Å²) in [5.74, 6) is -2.45. The van der Waals surface area contributed by atoms with Crippen molar-refractivity contribution in [2.75, 3.05) is 10.6 Å². The minimum absolute atomic E-state index is 0.0574. The molecule has 2 atom stereocenters. The van der Waals surface area contributed by atoms with E-state index in [-0.39, 0.29) is 35.7 Å². The molecule has 1 aliphatic rings. The van der Waals surface area contributed by atoms with Crippen LogP contribution in [0.4, 0.5) is 20.5 Å². The molecular weight excluding hydrogens is 390 g/mol. The number of aliphatic hydroxyl groups is 1. The molecule has 0 bridgehead atoms. The molecule has 1 fully saturated rings. The van der Waals surface area contributed by atoms with Gasteiger partial charge < -0.3 is 15.7 Å². The molecule has 30 heavy (non-hydrogen) atoms. The fourth-order valence-electron chi connectivity index (χ4n) is 3.75. The van der Waals surface area contributed by atoms with E-state index in [0.29, 0.717) is 23.4 Å². The van der Waals surface area contributed by atoms with E-state index in [1.165, 1.54) is 12.4 Å². The van der Waals surface area contributed by atoms with Crippen LogP contribution in [0.1, 0.15) is 56.9 Å². The van der Waals surface area contributed by atoms with Gasteiger partial charge in [-0.25, -0.2) is 4.98 Å². The minimum atomic E-state index is -3.06. The van der Waals surface area contributed by atoms with Gasteiger partial charge >= 0.3 is 0 Å². The van der Waals surface area contributed by atoms with Crippen molar-refractivity contribution in [1.82, 2.24) is 15.0 Å². The molecule has 7 nitrogen and oxygen atoms in total. The molecule has 0 aliphatic heterocycles. The SMILES string of the molecule is CC(F)(F)c1ncccc1CNc1ncc(C#N)c(N[C@@H]2CC[C@H](O)C(C)(C)C2)n1. The summed E-state index contributed by atoms with van der Waals surface area (Å²) < 4.78 is 27.5. The second-order valence-electron chi connectivity index (χ2n) is 8.45. The lowest BCUT2D eigenvalue weighted by Crippen LogP contribution is -2.41. The van der Waals surface area contributed by atoms with Gasteiger partial charge in [0.15, 0.2) is 0 Å². The third-order valence-corrected chi connectivity index (χ3v) is 5.46. The summed E-state index contributed by atoms with van der Waals surface area (Å²) >= 11 is 0. The number of rotatable bonds is 6. The summed E-state index contributed by atoms with van der Waals surface area (Å²) in [5, 5.41) is 25.8. The van der Waals surface area contributed by atoms with E-state index in [4.69, 9.17) is 0 Å². The summed E-state index contributed by atoms with van der Waals surface area (Å²) in [4.78, 5) is 12.3. The molecule has 0 saturated heterocycles. The van der Waals surface area contributed by atoms with Crippen molar-refractivity contribution < 1.29 is 13.9 Å². The lowest BCUT2D eigenvalue weighted by Gasteiger charge is -2.40. The van der Waals surface area contributed by atoms with Gasteiger partial charge in [0.1, 0.15) is 23.1 Å². The molecule has 0 spiro atoms. The van der Waals surface area contributed by atoms with E-state index in [1.54, 1.807) is 12.1 Å². The quantitative estimate of drug-likeness (QED) is 0.657. The van der Waals surface area contributed by atoms with Gasteiger partial charge in [-0.05, 0) is 36.3 Å². The zero-order valence-electron chi connectivity index (χ0n) is 17.3. The number of aromatic nitrogens is 3. The van der Waals surface area contributed by atoms with Crippen molar-refractivity contribution >= 4 is 11.8 Å². The van der Waals surface area contributed by atoms with Crippen LogP contribution in [0.3, 0.4) is 0 Å². The Kier molecular flexibility index (Phi) is 6.17. The van der Waals surface area contributed by atoms with Crippen molar-refractivity contribution in [3.8, 4) is 6.07 Å². The smallest absolute Gasteiger partial charge is 0.287 e. The highest BCUT2D eigenvalue weighted by atomic mass is 19.3. The molecule has 0 unspecified atom stereocenters. The summed E-state index contributed by atoms with van der Waals surface area (Å²) in [7, 11) is 0. The van der Waals surface area contributed by atoms with Gasteiger partial charge in [-0.3, -0.25) is 4.98 Å². The molecule has 1 saturated carbocycles. The Bertz CT molecular complexity index is 938. The van der Waals surface area contributed by atoms with Crippen molar-refractivity contribution in [3.05, 3.63) is 41.3 Å². The van der Waals surface area contributed by atoms with Gasteiger partial charge in [0.05, 0.1) is 12.3 Å². The second-order valence-corrected chi connectivity index (χ2v) is 8.45. The van der Waals surface area contributed by atoms with Crippen LogP contribution in [0.15, 0.2) is 24.5 Å². The monoisotopic (exact) mass is 416 g/mol. The fourth-order valence-corrected chi connectivity index (χ4v) is 3.75. The van der Waals surface area contributed by atoms with Crippen molar-refractivity contribution in [1.29, 1.82) is 5.26 Å². The van der Waals surface area contributed by atoms with E-state index >= 15 is 0 Å². The van der Waals surface area contributed by atoms with Gasteiger partial charge in [0.25, 0.3) is 5.92 Å². The van der Waals surface area contributed by atoms with E-state index < -0.39 is 5.92 Å². The van der Waals surface area contributed by atoms with Crippen LogP contribution in [-0.4, -0.2) is 32.2 Å². The van der Waals surface area contributed by atoms with Crippen LogP contribution < -0.4 is 10.6 Å². The number of nitrogens with zero attached hydrogens (tertiary/aromatic N) is 4. The maximum absolute atomic E-state index is 13.8. The Morgan fingerprint density at radius 1 is 1.33 bits per heavy atom. The van der Waals surface area contributed by atoms with Crippen LogP contribution in [0, 0.1) is 16.7 Å². The zero-order chi connectivity index (χ0) is 21.9. The Balaban J connectivity index is 1.75. The summed E-state index contributed by atoms with van der Waals surface area (Å²) in [6.07, 6.45) is 4.53. The average Bonchev–Trinajstić information content (AvgIpc) is 2.68. The van der Waals surface area contributed by atoms with E-state index in [0.717, 1.165) is 19.8 Å². The van der Waals surface area contributed by atoms with Gasteiger partial charge in [-0.1, -0.05) is 19.9 Å². The molecule has 3 N–H and O–H groups in total. The zero-order valence-corrected chi connectivity index (χ0v) is 17.3. The lowest BCUT2D eigenvalue weighted by molar-refractivity contribution is 0.00926. The van der Waals surface area contributed by atoms with Gasteiger partial charge in [0.2, 0.25) is 5.95 Å². The topological polar surface area (TPSA) is 107 Å². The molecule has 160 valence electrons. The van der Waals surface area contributed by atoms with Gasteiger partial charge in [0, 0.05) is 25.7 Å². The number of pyridine rings is 1. The van der Waals surface area contributed by atoms with Crippen LogP contribution in [0.25, 0.3) is 0 Å². The predicted molar refractivity (Wildman–Crippen MR) is 109 cm³/mol. The van der Waals surface area contributed by atoms with E-state index in [1.807, 2.05) is 13.8 Å². The lowest BCUT2D eigenvalue weighted by atomic mass is 9.73. The number of halogens is 2. The number of anilines is 2. The Hall–Kier alpha value is -2.86. The van der Waals surface area contributed by atoms with E-state index in [9.17, 15) is 19.1 Å². The average molecular weight is 416 g/mol. The standard InChI is InChI=1S/C21H26F2N6O/c1-20(2)9-15(6-7-16(20)30)28-18-14(10-24)12-27-19(29-18)26-11-13-5-4-8-25-17(13)21(3,22)23/h4-5,8,12,15-16,30H,6-7,9,11H2,1-3H3,(H2,26,27,28,29)/t15-,16+/m1/s1. The summed E-state index contributed by atoms with van der Waals surface area (Å²) in [6, 6.07) is 5.30. The third kappa shape index (κ3) is 5.00. The highest BCUT2D eigenvalue weighted by Crippen LogP contribution is 2.37. The number of aliphatic hydroxyl groups excluding tert-OH is 1. The van der Waals surface area contributed by atoms with Crippen molar-refractivity contribution in [3.63, 3.8) is 0 Å². The first kappa shape index (κ1) is 21.8. The van der Waals surface area contributed by atoms with Crippen molar-refractivity contribution in [2.45, 2.75) is 64.6 Å². The van der Waals surface area contributed by atoms with Gasteiger partial charge in [-0.2, -0.15) is 19.0 Å². The Morgan fingerprint density at radius 2 is 2.10 bits per heavy atom. The van der Waals surface area contributed by atoms with Gasteiger partial charge in [-0.15, -0.1) is 0 Å². The van der Waals surface area contributed by atoms with Crippen LogP contribution in [0.5, 0.6) is 0 Å². The first-order valence-electron chi connectivity index (χ1n) is 9.88. The molecular formula is C21H26F2N6O. The number of hydrogen-bond acceptors (Lipinski definition) is 7. The molecule has 0 aromatic carbocycles. The number of alkyl halides is 2. The summed E-state index contributed by atoms with van der Waals surface area (Å²) in [5.41, 5.74) is 0.105. The third-order valence-electron chi connectivity index (χ3n) is 5.46. The predicted octanol–water partition coefficient (Wildman–Crippen LogP) is 3.82. The molecule has 0 radical (unpaired) electrons. The number of hydrogen-bond donors (Lipinski definition) is 3. The Labute approximate surface area is 174 Å². The normalized spacial score (nSPS) is 21.0. The largest absolute Gasteiger partial charge is 0.393 e. The highest BCUT2D eigenvalue weighted by Gasteiger charge is 2.36. The minimum Gasteiger partial charge on any atom is -0.393 e. The molecule has 2 aromatic heterocycles. The molecule has 9 heteroatoms. The fraction of sp³-hybridized carbons (Fsp3) is 0.524. The molecule has 2 heterocycles. The first-order chi connectivity index (χ1) is 14.1. The first-order valence-corrected chi connectivity index (χ1v) is 9.88. The van der Waals surface area contributed by atoms with E-state index in [2.05, 4.69) is 31.7 Å². The Morgan fingerprint density at radius 3 is 2.77 bits per heavy atom. The maximum Gasteiger partial charge on any atom is 0.287 e. The van der Waals surface area contributed by atoms with Crippen LogP contribution in [0.2, 0.25) is 0 Å². The number of nitrogens with one attached hydrogen (secondary N) is 2. The summed E-state index contributed by atoms with van der Waals surface area (Å²) in [6.45, 7) is 4.90.